The van der Waals surface area contributed by atoms with Crippen LogP contribution in [0.5, 0.6) is 0 Å². The first kappa shape index (κ1) is 19.8. The van der Waals surface area contributed by atoms with Gasteiger partial charge in [-0.05, 0) is 53.9 Å². The SMILES string of the molecule is O=C(/C=C(\c1ccccc1)c1cc2cc(F)ccc2[nH]1)Nc1ccc2c(c1)NC(=O)CC2. The van der Waals surface area contributed by atoms with Crippen molar-refractivity contribution in [2.75, 3.05) is 10.6 Å². The van der Waals surface area contributed by atoms with E-state index in [1.54, 1.807) is 12.1 Å². The minimum atomic E-state index is -0.314. The van der Waals surface area contributed by atoms with E-state index < -0.39 is 0 Å². The highest BCUT2D eigenvalue weighted by molar-refractivity contribution is 6.07. The molecule has 0 bridgehead atoms. The second-order valence-electron chi connectivity index (χ2n) is 7.75. The molecule has 0 saturated carbocycles. The van der Waals surface area contributed by atoms with Crippen molar-refractivity contribution in [1.82, 2.24) is 4.98 Å². The first-order valence-electron chi connectivity index (χ1n) is 10.3. The fourth-order valence-electron chi connectivity index (χ4n) is 3.94. The predicted octanol–water partition coefficient (Wildman–Crippen LogP) is 5.26. The summed E-state index contributed by atoms with van der Waals surface area (Å²) in [6.07, 6.45) is 2.68. The number of H-pyrrole nitrogens is 1. The molecule has 1 aliphatic heterocycles. The van der Waals surface area contributed by atoms with Gasteiger partial charge in [-0.15, -0.1) is 0 Å². The smallest absolute Gasteiger partial charge is 0.249 e. The summed E-state index contributed by atoms with van der Waals surface area (Å²) in [5.41, 5.74) is 5.41. The zero-order valence-electron chi connectivity index (χ0n) is 17.1. The van der Waals surface area contributed by atoms with Crippen LogP contribution in [-0.2, 0) is 16.0 Å². The molecule has 0 radical (unpaired) electrons. The van der Waals surface area contributed by atoms with Crippen LogP contribution in [0.4, 0.5) is 15.8 Å². The van der Waals surface area contributed by atoms with Crippen LogP contribution in [0.1, 0.15) is 23.2 Å². The second-order valence-corrected chi connectivity index (χ2v) is 7.75. The number of nitrogens with one attached hydrogen (secondary N) is 3. The van der Waals surface area contributed by atoms with E-state index in [0.717, 1.165) is 27.7 Å². The normalized spacial score (nSPS) is 13.5. The maximum absolute atomic E-state index is 13.6. The highest BCUT2D eigenvalue weighted by Gasteiger charge is 2.16. The van der Waals surface area contributed by atoms with E-state index in [-0.39, 0.29) is 17.6 Å². The summed E-state index contributed by atoms with van der Waals surface area (Å²) in [6, 6.07) is 21.4. The molecule has 0 saturated heterocycles. The summed E-state index contributed by atoms with van der Waals surface area (Å²) in [6.45, 7) is 0. The van der Waals surface area contributed by atoms with Gasteiger partial charge in [0.2, 0.25) is 11.8 Å². The summed E-state index contributed by atoms with van der Waals surface area (Å²) in [5, 5.41) is 6.45. The number of aromatic amines is 1. The van der Waals surface area contributed by atoms with E-state index in [2.05, 4.69) is 15.6 Å². The van der Waals surface area contributed by atoms with Crippen LogP contribution in [0.25, 0.3) is 16.5 Å². The summed E-state index contributed by atoms with van der Waals surface area (Å²) in [5.74, 6) is -0.649. The molecule has 3 aromatic carbocycles. The van der Waals surface area contributed by atoms with Crippen LogP contribution in [-0.4, -0.2) is 16.8 Å². The van der Waals surface area contributed by atoms with Gasteiger partial charge in [-0.1, -0.05) is 36.4 Å². The van der Waals surface area contributed by atoms with Crippen molar-refractivity contribution in [3.05, 3.63) is 102 Å². The maximum atomic E-state index is 13.6. The Labute approximate surface area is 184 Å². The van der Waals surface area contributed by atoms with Crippen molar-refractivity contribution < 1.29 is 14.0 Å². The number of halogens is 1. The molecule has 5 nitrogen and oxygen atoms in total. The summed E-state index contributed by atoms with van der Waals surface area (Å²) in [7, 11) is 0. The molecule has 0 aliphatic carbocycles. The Morgan fingerprint density at radius 3 is 2.66 bits per heavy atom. The minimum Gasteiger partial charge on any atom is -0.355 e. The van der Waals surface area contributed by atoms with E-state index in [9.17, 15) is 14.0 Å². The average molecular weight is 425 g/mol. The van der Waals surface area contributed by atoms with E-state index in [1.165, 1.54) is 18.2 Å². The fourth-order valence-corrected chi connectivity index (χ4v) is 3.94. The molecule has 158 valence electrons. The Hall–Kier alpha value is -4.19. The van der Waals surface area contributed by atoms with E-state index in [4.69, 9.17) is 0 Å². The van der Waals surface area contributed by atoms with Gasteiger partial charge in [-0.25, -0.2) is 4.39 Å². The lowest BCUT2D eigenvalue weighted by Gasteiger charge is -2.17. The molecular weight excluding hydrogens is 405 g/mol. The Bertz CT molecular complexity index is 1370. The molecule has 0 unspecified atom stereocenters. The molecule has 1 aliphatic rings. The zero-order valence-corrected chi connectivity index (χ0v) is 17.1. The van der Waals surface area contributed by atoms with Crippen molar-refractivity contribution in [2.45, 2.75) is 12.8 Å². The van der Waals surface area contributed by atoms with Crippen LogP contribution >= 0.6 is 0 Å². The predicted molar refractivity (Wildman–Crippen MR) is 124 cm³/mol. The molecule has 0 fully saturated rings. The first-order valence-corrected chi connectivity index (χ1v) is 10.3. The fraction of sp³-hybridized carbons (Fsp3) is 0.0769. The number of fused-ring (bicyclic) bond motifs is 2. The first-order chi connectivity index (χ1) is 15.5. The van der Waals surface area contributed by atoms with Crippen LogP contribution in [0, 0.1) is 5.82 Å². The maximum Gasteiger partial charge on any atom is 0.249 e. The molecule has 0 atom stereocenters. The molecule has 1 aromatic heterocycles. The Kier molecular flexibility index (Phi) is 5.03. The summed E-state index contributed by atoms with van der Waals surface area (Å²) in [4.78, 5) is 27.9. The van der Waals surface area contributed by atoms with Crippen molar-refractivity contribution in [3.63, 3.8) is 0 Å². The third kappa shape index (κ3) is 4.03. The van der Waals surface area contributed by atoms with Crippen molar-refractivity contribution in [1.29, 1.82) is 0 Å². The summed E-state index contributed by atoms with van der Waals surface area (Å²) >= 11 is 0. The largest absolute Gasteiger partial charge is 0.355 e. The molecule has 5 rings (SSSR count). The number of anilines is 2. The van der Waals surface area contributed by atoms with Crippen molar-refractivity contribution >= 4 is 39.7 Å². The number of hydrogen-bond donors (Lipinski definition) is 3. The lowest BCUT2D eigenvalue weighted by atomic mass is 10.0. The monoisotopic (exact) mass is 425 g/mol. The van der Waals surface area contributed by atoms with Gasteiger partial charge >= 0.3 is 0 Å². The number of aryl methyl sites for hydroxylation is 1. The lowest BCUT2D eigenvalue weighted by Crippen LogP contribution is -2.19. The molecule has 2 amide bonds. The number of hydrogen-bond acceptors (Lipinski definition) is 2. The molecule has 4 aromatic rings. The van der Waals surface area contributed by atoms with Crippen LogP contribution in [0.3, 0.4) is 0 Å². The van der Waals surface area contributed by atoms with Gasteiger partial charge < -0.3 is 15.6 Å². The van der Waals surface area contributed by atoms with Gasteiger partial charge in [0.1, 0.15) is 5.82 Å². The highest BCUT2D eigenvalue weighted by atomic mass is 19.1. The van der Waals surface area contributed by atoms with Crippen LogP contribution in [0.2, 0.25) is 0 Å². The third-order valence-electron chi connectivity index (χ3n) is 5.51. The van der Waals surface area contributed by atoms with Crippen molar-refractivity contribution in [2.24, 2.45) is 0 Å². The minimum absolute atomic E-state index is 0.0255. The Morgan fingerprint density at radius 1 is 0.969 bits per heavy atom. The molecule has 6 heteroatoms. The summed E-state index contributed by atoms with van der Waals surface area (Å²) < 4.78 is 13.6. The van der Waals surface area contributed by atoms with Gasteiger partial charge in [-0.3, -0.25) is 9.59 Å². The highest BCUT2D eigenvalue weighted by Crippen LogP contribution is 2.28. The third-order valence-corrected chi connectivity index (χ3v) is 5.51. The second kappa shape index (κ2) is 8.15. The van der Waals surface area contributed by atoms with Crippen molar-refractivity contribution in [3.8, 4) is 0 Å². The molecule has 0 spiro atoms. The zero-order chi connectivity index (χ0) is 22.1. The van der Waals surface area contributed by atoms with Gasteiger partial charge in [-0.2, -0.15) is 0 Å². The Balaban J connectivity index is 1.48. The van der Waals surface area contributed by atoms with Crippen LogP contribution in [0.15, 0.2) is 78.9 Å². The molecule has 3 N–H and O–H groups in total. The lowest BCUT2D eigenvalue weighted by molar-refractivity contribution is -0.116. The van der Waals surface area contributed by atoms with E-state index in [0.29, 0.717) is 29.8 Å². The average Bonchev–Trinajstić information content (AvgIpc) is 3.20. The van der Waals surface area contributed by atoms with Gasteiger partial charge in [0, 0.05) is 46.0 Å². The number of carbonyl (C=O) groups is 2. The van der Waals surface area contributed by atoms with Gasteiger partial charge in [0.25, 0.3) is 0 Å². The van der Waals surface area contributed by atoms with Crippen LogP contribution < -0.4 is 10.6 Å². The molecular formula is C26H20FN3O2. The van der Waals surface area contributed by atoms with Gasteiger partial charge in [0.05, 0.1) is 0 Å². The number of carbonyl (C=O) groups excluding carboxylic acids is 2. The van der Waals surface area contributed by atoms with E-state index >= 15 is 0 Å². The topological polar surface area (TPSA) is 74.0 Å². The quantitative estimate of drug-likeness (QED) is 0.390. The van der Waals surface area contributed by atoms with Gasteiger partial charge in [0.15, 0.2) is 0 Å². The number of aromatic nitrogens is 1. The number of rotatable bonds is 4. The Morgan fingerprint density at radius 2 is 1.81 bits per heavy atom. The molecule has 2 heterocycles. The molecule has 32 heavy (non-hydrogen) atoms. The number of benzene rings is 3. The standard InChI is InChI=1S/C26H20FN3O2/c27-19-8-10-22-18(12-19)13-24(29-22)21(16-4-2-1-3-5-16)15-26(32)28-20-9-6-17-7-11-25(31)30-23(17)14-20/h1-6,8-10,12-15,29H,7,11H2,(H,28,32)(H,30,31)/b21-15+. The van der Waals surface area contributed by atoms with E-state index in [1.807, 2.05) is 48.5 Å². The number of amides is 2.